The van der Waals surface area contributed by atoms with Gasteiger partial charge in [-0.05, 0) is 49.4 Å². The minimum Gasteiger partial charge on any atom is -0.353 e. The molecule has 1 saturated heterocycles. The summed E-state index contributed by atoms with van der Waals surface area (Å²) in [4.78, 5) is 24.2. The average Bonchev–Trinajstić information content (AvgIpc) is 3.03. The molecule has 0 spiro atoms. The van der Waals surface area contributed by atoms with Crippen molar-refractivity contribution in [3.05, 3.63) is 34.9 Å². The molecule has 3 atom stereocenters. The standard InChI is InChI=1S/C18H24ClN3O2/c19-14-7-5-12(6-8-14)17(23)20-9-10-21-18(24)16-11-13-3-1-2-4-15(13)22-16/h5-8,13,15-16,22H,1-4,9-11H2,(H,20,23)(H,21,24). The fourth-order valence-corrected chi connectivity index (χ4v) is 3.84. The summed E-state index contributed by atoms with van der Waals surface area (Å²) in [6.07, 6.45) is 5.91. The third-order valence-electron chi connectivity index (χ3n) is 5.00. The van der Waals surface area contributed by atoms with E-state index in [9.17, 15) is 9.59 Å². The number of nitrogens with one attached hydrogen (secondary N) is 3. The first-order valence-corrected chi connectivity index (χ1v) is 9.09. The fraction of sp³-hybridized carbons (Fsp3) is 0.556. The van der Waals surface area contributed by atoms with Gasteiger partial charge in [-0.1, -0.05) is 24.4 Å². The van der Waals surface area contributed by atoms with E-state index in [1.165, 1.54) is 25.7 Å². The third kappa shape index (κ3) is 4.28. The van der Waals surface area contributed by atoms with Gasteiger partial charge in [-0.3, -0.25) is 9.59 Å². The van der Waals surface area contributed by atoms with Crippen LogP contribution in [0.15, 0.2) is 24.3 Å². The lowest BCUT2D eigenvalue weighted by molar-refractivity contribution is -0.122. The molecule has 2 aliphatic rings. The van der Waals surface area contributed by atoms with Crippen molar-refractivity contribution in [2.75, 3.05) is 13.1 Å². The molecule has 2 fully saturated rings. The van der Waals surface area contributed by atoms with E-state index in [4.69, 9.17) is 11.6 Å². The molecule has 1 aliphatic heterocycles. The van der Waals surface area contributed by atoms with E-state index in [0.717, 1.165) is 6.42 Å². The van der Waals surface area contributed by atoms with Crippen molar-refractivity contribution in [1.29, 1.82) is 0 Å². The number of rotatable bonds is 5. The molecule has 1 heterocycles. The number of benzene rings is 1. The quantitative estimate of drug-likeness (QED) is 0.713. The minimum atomic E-state index is -0.161. The highest BCUT2D eigenvalue weighted by Crippen LogP contribution is 2.33. The van der Waals surface area contributed by atoms with Gasteiger partial charge >= 0.3 is 0 Å². The normalized spacial score (nSPS) is 25.8. The molecule has 1 aliphatic carbocycles. The monoisotopic (exact) mass is 349 g/mol. The second-order valence-corrected chi connectivity index (χ2v) is 7.10. The van der Waals surface area contributed by atoms with E-state index in [1.807, 2.05) is 0 Å². The van der Waals surface area contributed by atoms with Crippen LogP contribution in [0.1, 0.15) is 42.5 Å². The molecule has 3 unspecified atom stereocenters. The zero-order valence-corrected chi connectivity index (χ0v) is 14.4. The van der Waals surface area contributed by atoms with E-state index in [0.29, 0.717) is 35.6 Å². The second-order valence-electron chi connectivity index (χ2n) is 6.66. The lowest BCUT2D eigenvalue weighted by atomic mass is 9.85. The molecule has 24 heavy (non-hydrogen) atoms. The van der Waals surface area contributed by atoms with E-state index in [1.54, 1.807) is 24.3 Å². The summed E-state index contributed by atoms with van der Waals surface area (Å²) in [7, 11) is 0. The first-order valence-electron chi connectivity index (χ1n) is 8.71. The zero-order valence-electron chi connectivity index (χ0n) is 13.7. The van der Waals surface area contributed by atoms with Gasteiger partial charge in [0.1, 0.15) is 0 Å². The highest BCUT2D eigenvalue weighted by molar-refractivity contribution is 6.30. The van der Waals surface area contributed by atoms with Crippen molar-refractivity contribution >= 4 is 23.4 Å². The Balaban J connectivity index is 1.36. The van der Waals surface area contributed by atoms with E-state index < -0.39 is 0 Å². The SMILES string of the molecule is O=C(NCCNC(=O)C1CC2CCCCC2N1)c1ccc(Cl)cc1. The van der Waals surface area contributed by atoms with Crippen LogP contribution >= 0.6 is 11.6 Å². The van der Waals surface area contributed by atoms with Crippen molar-refractivity contribution in [1.82, 2.24) is 16.0 Å². The Morgan fingerprint density at radius 1 is 1.08 bits per heavy atom. The zero-order chi connectivity index (χ0) is 16.9. The molecule has 2 amide bonds. The van der Waals surface area contributed by atoms with Crippen LogP contribution in [0, 0.1) is 5.92 Å². The summed E-state index contributed by atoms with van der Waals surface area (Å²) in [6.45, 7) is 0.846. The number of fused-ring (bicyclic) bond motifs is 1. The third-order valence-corrected chi connectivity index (χ3v) is 5.25. The highest BCUT2D eigenvalue weighted by atomic mass is 35.5. The number of halogens is 1. The summed E-state index contributed by atoms with van der Waals surface area (Å²) >= 11 is 5.80. The van der Waals surface area contributed by atoms with Crippen LogP contribution in [0.4, 0.5) is 0 Å². The maximum atomic E-state index is 12.2. The number of amides is 2. The smallest absolute Gasteiger partial charge is 0.251 e. The Bertz CT molecular complexity index is 576. The van der Waals surface area contributed by atoms with Crippen molar-refractivity contribution < 1.29 is 9.59 Å². The van der Waals surface area contributed by atoms with E-state index >= 15 is 0 Å². The molecule has 1 aromatic rings. The van der Waals surface area contributed by atoms with Crippen molar-refractivity contribution in [3.63, 3.8) is 0 Å². The highest BCUT2D eigenvalue weighted by Gasteiger charge is 2.37. The Hall–Kier alpha value is -1.59. The Morgan fingerprint density at radius 2 is 1.79 bits per heavy atom. The minimum absolute atomic E-state index is 0.0464. The second kappa shape index (κ2) is 7.99. The van der Waals surface area contributed by atoms with Crippen LogP contribution in [0.3, 0.4) is 0 Å². The van der Waals surface area contributed by atoms with Gasteiger partial charge in [0.2, 0.25) is 5.91 Å². The summed E-state index contributed by atoms with van der Waals surface area (Å²) < 4.78 is 0. The predicted molar refractivity (Wildman–Crippen MR) is 94.1 cm³/mol. The fourth-order valence-electron chi connectivity index (χ4n) is 3.71. The summed E-state index contributed by atoms with van der Waals surface area (Å²) in [5.74, 6) is 0.537. The summed E-state index contributed by atoms with van der Waals surface area (Å²) in [6, 6.07) is 7.16. The first-order chi connectivity index (χ1) is 11.6. The van der Waals surface area contributed by atoms with Crippen LogP contribution in [0.25, 0.3) is 0 Å². The number of carbonyl (C=O) groups excluding carboxylic acids is 2. The predicted octanol–water partition coefficient (Wildman–Crippen LogP) is 2.11. The molecule has 3 rings (SSSR count). The van der Waals surface area contributed by atoms with Gasteiger partial charge in [0.15, 0.2) is 0 Å². The number of hydrogen-bond donors (Lipinski definition) is 3. The van der Waals surface area contributed by atoms with E-state index in [2.05, 4.69) is 16.0 Å². The van der Waals surface area contributed by atoms with Gasteiger partial charge < -0.3 is 16.0 Å². The lowest BCUT2D eigenvalue weighted by Gasteiger charge is -2.24. The van der Waals surface area contributed by atoms with Crippen LogP contribution in [0.2, 0.25) is 5.02 Å². The molecule has 6 heteroatoms. The van der Waals surface area contributed by atoms with Crippen molar-refractivity contribution in [2.45, 2.75) is 44.2 Å². The lowest BCUT2D eigenvalue weighted by Crippen LogP contribution is -2.45. The summed E-state index contributed by atoms with van der Waals surface area (Å²) in [5.41, 5.74) is 0.562. The topological polar surface area (TPSA) is 70.2 Å². The molecular formula is C18H24ClN3O2. The Morgan fingerprint density at radius 3 is 2.54 bits per heavy atom. The largest absolute Gasteiger partial charge is 0.353 e. The van der Waals surface area contributed by atoms with Crippen molar-refractivity contribution in [3.8, 4) is 0 Å². The Labute approximate surface area is 147 Å². The molecule has 1 aromatic carbocycles. The molecule has 0 radical (unpaired) electrons. The van der Waals surface area contributed by atoms with Gasteiger partial charge in [0.25, 0.3) is 5.91 Å². The van der Waals surface area contributed by atoms with Crippen LogP contribution < -0.4 is 16.0 Å². The van der Waals surface area contributed by atoms with Crippen LogP contribution in [-0.4, -0.2) is 37.0 Å². The number of hydrogen-bond acceptors (Lipinski definition) is 3. The maximum Gasteiger partial charge on any atom is 0.251 e. The molecule has 0 aromatic heterocycles. The molecule has 1 saturated carbocycles. The molecular weight excluding hydrogens is 326 g/mol. The maximum absolute atomic E-state index is 12.2. The van der Waals surface area contributed by atoms with Gasteiger partial charge in [-0.2, -0.15) is 0 Å². The van der Waals surface area contributed by atoms with Crippen molar-refractivity contribution in [2.24, 2.45) is 5.92 Å². The van der Waals surface area contributed by atoms with Gasteiger partial charge in [-0.25, -0.2) is 0 Å². The van der Waals surface area contributed by atoms with Gasteiger partial charge in [0.05, 0.1) is 6.04 Å². The molecule has 130 valence electrons. The molecule has 3 N–H and O–H groups in total. The molecule has 0 bridgehead atoms. The van der Waals surface area contributed by atoms with Crippen LogP contribution in [0.5, 0.6) is 0 Å². The average molecular weight is 350 g/mol. The molecule has 5 nitrogen and oxygen atoms in total. The van der Waals surface area contributed by atoms with E-state index in [-0.39, 0.29) is 17.9 Å². The Kier molecular flexibility index (Phi) is 5.74. The first kappa shape index (κ1) is 17.2. The number of carbonyl (C=O) groups is 2. The summed E-state index contributed by atoms with van der Waals surface area (Å²) in [5, 5.41) is 9.77. The van der Waals surface area contributed by atoms with Gasteiger partial charge in [-0.15, -0.1) is 0 Å². The van der Waals surface area contributed by atoms with Gasteiger partial charge in [0, 0.05) is 29.7 Å². The van der Waals surface area contributed by atoms with Crippen LogP contribution in [-0.2, 0) is 4.79 Å².